The summed E-state index contributed by atoms with van der Waals surface area (Å²) in [5.74, 6) is 0.313. The van der Waals surface area contributed by atoms with Crippen LogP contribution in [0.4, 0.5) is 4.39 Å². The Labute approximate surface area is 147 Å². The van der Waals surface area contributed by atoms with Crippen molar-refractivity contribution in [1.82, 2.24) is 15.5 Å². The van der Waals surface area contributed by atoms with E-state index in [2.05, 4.69) is 15.5 Å². The molecule has 0 saturated carbocycles. The lowest BCUT2D eigenvalue weighted by molar-refractivity contribution is -0.123. The van der Waals surface area contributed by atoms with Crippen LogP contribution in [0.2, 0.25) is 5.02 Å². The van der Waals surface area contributed by atoms with Crippen molar-refractivity contribution in [1.29, 1.82) is 0 Å². The average Bonchev–Trinajstić information content (AvgIpc) is 3.11. The van der Waals surface area contributed by atoms with Crippen molar-refractivity contribution in [3.05, 3.63) is 34.6 Å². The Balaban J connectivity index is 1.49. The molecule has 2 atom stereocenters. The molecule has 1 aromatic carbocycles. The number of carbonyl (C=O) groups is 1. The first-order valence-electron chi connectivity index (χ1n) is 8.79. The molecule has 0 aliphatic carbocycles. The van der Waals surface area contributed by atoms with Gasteiger partial charge in [0.1, 0.15) is 5.82 Å². The van der Waals surface area contributed by atoms with E-state index < -0.39 is 0 Å². The molecule has 132 valence electrons. The molecule has 24 heavy (non-hydrogen) atoms. The molecular formula is C18H25ClFN3O. The molecule has 1 amide bonds. The largest absolute Gasteiger partial charge is 0.354 e. The average molecular weight is 354 g/mol. The molecule has 2 N–H and O–H groups in total. The van der Waals surface area contributed by atoms with Crippen molar-refractivity contribution in [2.75, 3.05) is 26.2 Å². The molecule has 2 fully saturated rings. The molecule has 0 bridgehead atoms. The molecule has 4 nitrogen and oxygen atoms in total. The van der Waals surface area contributed by atoms with Gasteiger partial charge >= 0.3 is 0 Å². The minimum Gasteiger partial charge on any atom is -0.354 e. The molecule has 0 spiro atoms. The van der Waals surface area contributed by atoms with E-state index in [4.69, 9.17) is 11.6 Å². The first kappa shape index (κ1) is 17.6. The number of rotatable bonds is 5. The number of nitrogens with one attached hydrogen (secondary N) is 2. The van der Waals surface area contributed by atoms with Gasteiger partial charge in [-0.25, -0.2) is 4.39 Å². The fourth-order valence-electron chi connectivity index (χ4n) is 3.64. The molecule has 2 saturated heterocycles. The number of benzene rings is 1. The predicted molar refractivity (Wildman–Crippen MR) is 93.4 cm³/mol. The number of carbonyl (C=O) groups excluding carboxylic acids is 1. The van der Waals surface area contributed by atoms with Gasteiger partial charge in [0.2, 0.25) is 5.91 Å². The number of amides is 1. The van der Waals surface area contributed by atoms with Gasteiger partial charge in [-0.2, -0.15) is 0 Å². The van der Waals surface area contributed by atoms with Gasteiger partial charge in [-0.3, -0.25) is 9.69 Å². The van der Waals surface area contributed by atoms with Gasteiger partial charge in [0.05, 0.1) is 6.04 Å². The summed E-state index contributed by atoms with van der Waals surface area (Å²) in [6.45, 7) is 4.20. The van der Waals surface area contributed by atoms with Gasteiger partial charge in [0, 0.05) is 24.7 Å². The van der Waals surface area contributed by atoms with Crippen LogP contribution in [0.1, 0.15) is 31.2 Å². The van der Waals surface area contributed by atoms with Gasteiger partial charge in [-0.15, -0.1) is 0 Å². The van der Waals surface area contributed by atoms with Crippen LogP contribution >= 0.6 is 11.6 Å². The van der Waals surface area contributed by atoms with Crippen LogP contribution in [0.5, 0.6) is 0 Å². The van der Waals surface area contributed by atoms with Crippen LogP contribution in [0.25, 0.3) is 0 Å². The number of hydrogen-bond acceptors (Lipinski definition) is 3. The van der Waals surface area contributed by atoms with Crippen LogP contribution in [0.3, 0.4) is 0 Å². The molecule has 3 rings (SSSR count). The normalized spacial score (nSPS) is 24.9. The summed E-state index contributed by atoms with van der Waals surface area (Å²) in [7, 11) is 0. The van der Waals surface area contributed by atoms with Crippen molar-refractivity contribution in [3.63, 3.8) is 0 Å². The predicted octanol–water partition coefficient (Wildman–Crippen LogP) is 2.56. The van der Waals surface area contributed by atoms with Gasteiger partial charge in [-0.05, 0) is 68.5 Å². The first-order valence-corrected chi connectivity index (χ1v) is 9.17. The summed E-state index contributed by atoms with van der Waals surface area (Å²) < 4.78 is 13.4. The van der Waals surface area contributed by atoms with Crippen molar-refractivity contribution in [3.8, 4) is 0 Å². The maximum absolute atomic E-state index is 13.4. The monoisotopic (exact) mass is 353 g/mol. The molecule has 6 heteroatoms. The van der Waals surface area contributed by atoms with E-state index in [1.54, 1.807) is 6.07 Å². The lowest BCUT2D eigenvalue weighted by Gasteiger charge is -2.33. The second-order valence-electron chi connectivity index (χ2n) is 6.87. The Morgan fingerprint density at radius 2 is 2.25 bits per heavy atom. The molecule has 0 aromatic heterocycles. The minimum atomic E-state index is -0.251. The zero-order valence-corrected chi connectivity index (χ0v) is 14.6. The summed E-state index contributed by atoms with van der Waals surface area (Å²) >= 11 is 6.17. The standard InChI is InChI=1S/C18H25ClFN3O/c19-16-6-5-15(20)9-14(16)12-23-8-2-3-13(11-23)10-22-18(24)17-4-1-7-21-17/h5-6,9,13,17,21H,1-4,7-8,10-12H2,(H,22,24). The highest BCUT2D eigenvalue weighted by Gasteiger charge is 2.25. The number of piperidine rings is 1. The van der Waals surface area contributed by atoms with Crippen molar-refractivity contribution < 1.29 is 9.18 Å². The summed E-state index contributed by atoms with van der Waals surface area (Å²) in [6, 6.07) is 4.50. The third kappa shape index (κ3) is 4.68. The summed E-state index contributed by atoms with van der Waals surface area (Å²) in [6.07, 6.45) is 4.21. The van der Waals surface area contributed by atoms with Gasteiger partial charge < -0.3 is 10.6 Å². The van der Waals surface area contributed by atoms with E-state index >= 15 is 0 Å². The van der Waals surface area contributed by atoms with E-state index in [9.17, 15) is 9.18 Å². The molecule has 2 aliphatic heterocycles. The number of likely N-dealkylation sites (tertiary alicyclic amines) is 1. The highest BCUT2D eigenvalue weighted by molar-refractivity contribution is 6.31. The van der Waals surface area contributed by atoms with Gasteiger partial charge in [-0.1, -0.05) is 11.6 Å². The number of halogens is 2. The fourth-order valence-corrected chi connectivity index (χ4v) is 3.82. The highest BCUT2D eigenvalue weighted by Crippen LogP contribution is 2.23. The number of hydrogen-bond donors (Lipinski definition) is 2. The van der Waals surface area contributed by atoms with Crippen molar-refractivity contribution in [2.24, 2.45) is 5.92 Å². The highest BCUT2D eigenvalue weighted by atomic mass is 35.5. The van der Waals surface area contributed by atoms with Crippen LogP contribution < -0.4 is 10.6 Å². The molecule has 2 aliphatic rings. The lowest BCUT2D eigenvalue weighted by atomic mass is 9.97. The summed E-state index contributed by atoms with van der Waals surface area (Å²) in [5.41, 5.74) is 0.830. The Morgan fingerprint density at radius 1 is 1.38 bits per heavy atom. The third-order valence-electron chi connectivity index (χ3n) is 4.95. The zero-order chi connectivity index (χ0) is 16.9. The van der Waals surface area contributed by atoms with Crippen LogP contribution in [0, 0.1) is 11.7 Å². The third-order valence-corrected chi connectivity index (χ3v) is 5.32. The second-order valence-corrected chi connectivity index (χ2v) is 7.28. The quantitative estimate of drug-likeness (QED) is 0.855. The van der Waals surface area contributed by atoms with E-state index in [1.165, 1.54) is 12.1 Å². The van der Waals surface area contributed by atoms with E-state index in [1.807, 2.05) is 0 Å². The fraction of sp³-hybridized carbons (Fsp3) is 0.611. The molecule has 2 unspecified atom stereocenters. The van der Waals surface area contributed by atoms with Crippen molar-refractivity contribution >= 4 is 17.5 Å². The topological polar surface area (TPSA) is 44.4 Å². The maximum atomic E-state index is 13.4. The first-order chi connectivity index (χ1) is 11.6. The Kier molecular flexibility index (Phi) is 6.09. The van der Waals surface area contributed by atoms with Crippen LogP contribution in [-0.4, -0.2) is 43.0 Å². The van der Waals surface area contributed by atoms with E-state index in [-0.39, 0.29) is 17.8 Å². The zero-order valence-electron chi connectivity index (χ0n) is 13.9. The molecular weight excluding hydrogens is 329 g/mol. The molecule has 2 heterocycles. The summed E-state index contributed by atoms with van der Waals surface area (Å²) in [5, 5.41) is 6.92. The van der Waals surface area contributed by atoms with E-state index in [0.717, 1.165) is 50.9 Å². The second kappa shape index (κ2) is 8.28. The Morgan fingerprint density at radius 3 is 3.04 bits per heavy atom. The van der Waals surface area contributed by atoms with Crippen molar-refractivity contribution in [2.45, 2.75) is 38.3 Å². The SMILES string of the molecule is O=C(NCC1CCCN(Cc2cc(F)ccc2Cl)C1)C1CCCN1. The molecule has 0 radical (unpaired) electrons. The Hall–Kier alpha value is -1.17. The van der Waals surface area contributed by atoms with Gasteiger partial charge in [0.15, 0.2) is 0 Å². The van der Waals surface area contributed by atoms with E-state index in [0.29, 0.717) is 24.0 Å². The molecule has 1 aromatic rings. The van der Waals surface area contributed by atoms with Crippen LogP contribution in [0.15, 0.2) is 18.2 Å². The van der Waals surface area contributed by atoms with Gasteiger partial charge in [0.25, 0.3) is 0 Å². The smallest absolute Gasteiger partial charge is 0.237 e. The Bertz CT molecular complexity index is 577. The minimum absolute atomic E-state index is 0.0178. The summed E-state index contributed by atoms with van der Waals surface area (Å²) in [4.78, 5) is 14.4. The van der Waals surface area contributed by atoms with Crippen LogP contribution in [-0.2, 0) is 11.3 Å². The maximum Gasteiger partial charge on any atom is 0.237 e. The number of nitrogens with zero attached hydrogens (tertiary/aromatic N) is 1. The lowest BCUT2D eigenvalue weighted by Crippen LogP contribution is -2.45.